The van der Waals surface area contributed by atoms with E-state index in [1.54, 1.807) is 6.08 Å². The average molecular weight is 313 g/mol. The number of sulfonamides is 1. The lowest BCUT2D eigenvalue weighted by molar-refractivity contribution is -0.122. The van der Waals surface area contributed by atoms with Crippen LogP contribution in [0.2, 0.25) is 0 Å². The van der Waals surface area contributed by atoms with Gasteiger partial charge in [-0.1, -0.05) is 6.08 Å². The lowest BCUT2D eigenvalue weighted by atomic mass is 10.3. The fourth-order valence-corrected chi connectivity index (χ4v) is 3.43. The summed E-state index contributed by atoms with van der Waals surface area (Å²) < 4.78 is 26.0. The highest BCUT2D eigenvalue weighted by molar-refractivity contribution is 7.89. The van der Waals surface area contributed by atoms with Gasteiger partial charge >= 0.3 is 0 Å². The number of amides is 1. The number of carbonyl (C=O) groups excluding carboxylic acids is 1. The molecule has 1 aromatic rings. The summed E-state index contributed by atoms with van der Waals surface area (Å²) in [7, 11) is -3.49. The summed E-state index contributed by atoms with van der Waals surface area (Å²) in [6.07, 6.45) is 4.28. The first-order chi connectivity index (χ1) is 10.0. The van der Waals surface area contributed by atoms with Gasteiger partial charge in [0.15, 0.2) is 0 Å². The molecule has 0 atom stereocenters. The van der Waals surface area contributed by atoms with Gasteiger partial charge in [-0.3, -0.25) is 14.8 Å². The second kappa shape index (κ2) is 6.83. The Balaban J connectivity index is 1.86. The Morgan fingerprint density at radius 3 is 2.71 bits per heavy atom. The van der Waals surface area contributed by atoms with Crippen molar-refractivity contribution >= 4 is 15.9 Å². The summed E-state index contributed by atoms with van der Waals surface area (Å²) in [5.41, 5.74) is 0. The van der Waals surface area contributed by atoms with E-state index in [-0.39, 0.29) is 17.3 Å². The van der Waals surface area contributed by atoms with Crippen LogP contribution in [0.1, 0.15) is 0 Å². The fourth-order valence-electron chi connectivity index (χ4n) is 2.10. The Hall–Kier alpha value is -1.71. The smallest absolute Gasteiger partial charge is 0.246 e. The maximum absolute atomic E-state index is 12.3. The van der Waals surface area contributed by atoms with Gasteiger partial charge in [-0.05, 0) is 0 Å². The predicted molar refractivity (Wildman–Crippen MR) is 77.0 cm³/mol. The zero-order chi connectivity index (χ0) is 15.3. The number of aromatic nitrogens is 2. The van der Waals surface area contributed by atoms with Crippen LogP contribution < -0.4 is 5.32 Å². The highest BCUT2D eigenvalue weighted by atomic mass is 32.2. The Labute approximate surface area is 123 Å². The second-order valence-corrected chi connectivity index (χ2v) is 6.64. The molecule has 8 nitrogen and oxygen atoms in total. The molecule has 1 fully saturated rings. The van der Waals surface area contributed by atoms with E-state index in [0.29, 0.717) is 32.7 Å². The van der Waals surface area contributed by atoms with Gasteiger partial charge in [0.2, 0.25) is 15.9 Å². The van der Waals surface area contributed by atoms with Crippen LogP contribution in [0.15, 0.2) is 29.9 Å². The van der Waals surface area contributed by atoms with Crippen LogP contribution in [0.25, 0.3) is 0 Å². The third-order valence-electron chi connectivity index (χ3n) is 3.25. The molecule has 2 heterocycles. The van der Waals surface area contributed by atoms with E-state index >= 15 is 0 Å². The minimum Gasteiger partial charge on any atom is -0.352 e. The predicted octanol–water partition coefficient (Wildman–Crippen LogP) is -0.982. The number of rotatable bonds is 6. The van der Waals surface area contributed by atoms with Crippen LogP contribution in [0.3, 0.4) is 0 Å². The van der Waals surface area contributed by atoms with E-state index in [0.717, 1.165) is 0 Å². The molecule has 0 unspecified atom stereocenters. The van der Waals surface area contributed by atoms with Crippen LogP contribution in [-0.2, 0) is 14.8 Å². The molecule has 0 aromatic carbocycles. The molecule has 0 spiro atoms. The van der Waals surface area contributed by atoms with Gasteiger partial charge < -0.3 is 5.32 Å². The molecule has 1 saturated heterocycles. The number of carbonyl (C=O) groups is 1. The topological polar surface area (TPSA) is 98.4 Å². The molecule has 0 aliphatic carbocycles. The van der Waals surface area contributed by atoms with Crippen molar-refractivity contribution in [2.75, 3.05) is 39.3 Å². The lowest BCUT2D eigenvalue weighted by Crippen LogP contribution is -2.51. The van der Waals surface area contributed by atoms with Gasteiger partial charge in [0.1, 0.15) is 4.90 Å². The minimum atomic E-state index is -3.49. The summed E-state index contributed by atoms with van der Waals surface area (Å²) in [5, 5.41) is 8.87. The Morgan fingerprint density at radius 2 is 2.14 bits per heavy atom. The number of hydrogen-bond acceptors (Lipinski definition) is 5. The van der Waals surface area contributed by atoms with Crippen molar-refractivity contribution in [2.45, 2.75) is 4.90 Å². The molecule has 1 aliphatic heterocycles. The number of piperazine rings is 1. The monoisotopic (exact) mass is 313 g/mol. The van der Waals surface area contributed by atoms with Crippen molar-refractivity contribution in [3.8, 4) is 0 Å². The first-order valence-corrected chi connectivity index (χ1v) is 8.07. The summed E-state index contributed by atoms with van der Waals surface area (Å²) >= 11 is 0. The lowest BCUT2D eigenvalue weighted by Gasteiger charge is -2.33. The average Bonchev–Trinajstić information content (AvgIpc) is 3.00. The van der Waals surface area contributed by atoms with Crippen LogP contribution in [-0.4, -0.2) is 73.0 Å². The maximum atomic E-state index is 12.3. The molecule has 9 heteroatoms. The van der Waals surface area contributed by atoms with E-state index in [1.165, 1.54) is 16.7 Å². The molecule has 1 amide bonds. The van der Waals surface area contributed by atoms with Gasteiger partial charge in [-0.25, -0.2) is 8.42 Å². The zero-order valence-corrected chi connectivity index (χ0v) is 12.5. The highest BCUT2D eigenvalue weighted by Gasteiger charge is 2.29. The van der Waals surface area contributed by atoms with E-state index in [4.69, 9.17) is 0 Å². The maximum Gasteiger partial charge on any atom is 0.246 e. The second-order valence-electron chi connectivity index (χ2n) is 4.71. The fraction of sp³-hybridized carbons (Fsp3) is 0.500. The summed E-state index contributed by atoms with van der Waals surface area (Å²) in [6.45, 7) is 6.02. The Kier molecular flexibility index (Phi) is 5.10. The van der Waals surface area contributed by atoms with Crippen molar-refractivity contribution < 1.29 is 13.2 Å². The third kappa shape index (κ3) is 3.90. The van der Waals surface area contributed by atoms with Crippen molar-refractivity contribution in [1.82, 2.24) is 24.7 Å². The number of nitrogens with one attached hydrogen (secondary N) is 2. The minimum absolute atomic E-state index is 0.0824. The van der Waals surface area contributed by atoms with E-state index in [2.05, 4.69) is 22.1 Å². The molecule has 2 rings (SSSR count). The largest absolute Gasteiger partial charge is 0.352 e. The summed E-state index contributed by atoms with van der Waals surface area (Å²) in [6, 6.07) is 0. The molecular weight excluding hydrogens is 294 g/mol. The number of aromatic amines is 1. The molecule has 0 radical (unpaired) electrons. The van der Waals surface area contributed by atoms with Crippen LogP contribution in [0.5, 0.6) is 0 Å². The summed E-state index contributed by atoms with van der Waals surface area (Å²) in [5.74, 6) is -0.0824. The Morgan fingerprint density at radius 1 is 1.43 bits per heavy atom. The van der Waals surface area contributed by atoms with Gasteiger partial charge in [-0.2, -0.15) is 9.40 Å². The highest BCUT2D eigenvalue weighted by Crippen LogP contribution is 2.15. The van der Waals surface area contributed by atoms with Crippen molar-refractivity contribution in [1.29, 1.82) is 0 Å². The van der Waals surface area contributed by atoms with Crippen LogP contribution in [0.4, 0.5) is 0 Å². The molecule has 116 valence electrons. The van der Waals surface area contributed by atoms with Gasteiger partial charge in [0, 0.05) is 38.9 Å². The SMILES string of the molecule is C=CCNC(=O)CN1CCN(S(=O)(=O)c2cn[nH]c2)CC1. The third-order valence-corrected chi connectivity index (χ3v) is 5.12. The number of nitrogens with zero attached hydrogens (tertiary/aromatic N) is 3. The van der Waals surface area contributed by atoms with E-state index in [1.807, 2.05) is 4.90 Å². The molecule has 21 heavy (non-hydrogen) atoms. The number of H-pyrrole nitrogens is 1. The molecule has 1 aliphatic rings. The van der Waals surface area contributed by atoms with Gasteiger partial charge in [0.25, 0.3) is 0 Å². The first kappa shape index (κ1) is 15.7. The molecule has 2 N–H and O–H groups in total. The zero-order valence-electron chi connectivity index (χ0n) is 11.7. The van der Waals surface area contributed by atoms with Gasteiger partial charge in [-0.15, -0.1) is 6.58 Å². The van der Waals surface area contributed by atoms with Crippen LogP contribution >= 0.6 is 0 Å². The Bertz CT molecular complexity index is 576. The number of hydrogen-bond donors (Lipinski definition) is 2. The normalized spacial score (nSPS) is 17.5. The van der Waals surface area contributed by atoms with E-state index < -0.39 is 10.0 Å². The van der Waals surface area contributed by atoms with Crippen molar-refractivity contribution in [2.24, 2.45) is 0 Å². The molecule has 0 saturated carbocycles. The quantitative estimate of drug-likeness (QED) is 0.658. The van der Waals surface area contributed by atoms with Gasteiger partial charge in [0.05, 0.1) is 12.7 Å². The summed E-state index contributed by atoms with van der Waals surface area (Å²) in [4.78, 5) is 13.7. The van der Waals surface area contributed by atoms with Crippen molar-refractivity contribution in [3.63, 3.8) is 0 Å². The molecule has 1 aromatic heterocycles. The van der Waals surface area contributed by atoms with Crippen molar-refractivity contribution in [3.05, 3.63) is 25.0 Å². The van der Waals surface area contributed by atoms with E-state index in [9.17, 15) is 13.2 Å². The van der Waals surface area contributed by atoms with Crippen LogP contribution in [0, 0.1) is 0 Å². The molecule has 0 bridgehead atoms. The molecular formula is C12H19N5O3S. The standard InChI is InChI=1S/C12H19N5O3S/c1-2-3-13-12(18)10-16-4-6-17(7-5-16)21(19,20)11-8-14-15-9-11/h2,8-9H,1,3-7,10H2,(H,13,18)(H,14,15). The first-order valence-electron chi connectivity index (χ1n) is 6.63.